The lowest BCUT2D eigenvalue weighted by Crippen LogP contribution is -2.41. The van der Waals surface area contributed by atoms with Crippen LogP contribution in [0.1, 0.15) is 17.2 Å². The first-order valence-electron chi connectivity index (χ1n) is 8.04. The van der Waals surface area contributed by atoms with E-state index in [1.807, 2.05) is 25.1 Å². The number of carbonyl (C=O) groups excluding carboxylic acids is 1. The summed E-state index contributed by atoms with van der Waals surface area (Å²) in [7, 11) is 5.67. The largest absolute Gasteiger partial charge is 0.784 e. The van der Waals surface area contributed by atoms with Crippen LogP contribution < -0.4 is 4.90 Å². The van der Waals surface area contributed by atoms with E-state index in [1.54, 1.807) is 41.0 Å². The lowest BCUT2D eigenvalue weighted by Gasteiger charge is -2.34. The molecule has 1 aliphatic rings. The Labute approximate surface area is 152 Å². The maximum Gasteiger partial charge on any atom is 0.241 e. The summed E-state index contributed by atoms with van der Waals surface area (Å²) in [6.07, 6.45) is 1.66. The van der Waals surface area contributed by atoms with Crippen LogP contribution in [-0.2, 0) is 11.8 Å². The highest BCUT2D eigenvalue weighted by atomic mass is 35.5. The normalized spacial score (nSPS) is 18.6. The Balaban J connectivity index is 2.08. The van der Waals surface area contributed by atoms with Crippen LogP contribution in [0.2, 0.25) is 5.02 Å². The van der Waals surface area contributed by atoms with Crippen molar-refractivity contribution in [3.8, 4) is 0 Å². The van der Waals surface area contributed by atoms with Crippen molar-refractivity contribution in [1.29, 1.82) is 0 Å². The van der Waals surface area contributed by atoms with Gasteiger partial charge in [-0.05, 0) is 31.8 Å². The SMILES string of the molecule is CN(C)CCN1C(=O)CN([O-])C(c2cccc(Cl)c2)c2cnn(C)c21. The molecular weight excluding hydrogens is 342 g/mol. The van der Waals surface area contributed by atoms with Gasteiger partial charge < -0.3 is 15.2 Å². The molecule has 0 bridgehead atoms. The zero-order valence-corrected chi connectivity index (χ0v) is 15.3. The summed E-state index contributed by atoms with van der Waals surface area (Å²) in [6, 6.07) is 6.55. The number of likely N-dealkylation sites (N-methyl/N-ethyl adjacent to an activating group) is 1. The molecule has 1 atom stereocenters. The Morgan fingerprint density at radius 2 is 2.16 bits per heavy atom. The van der Waals surface area contributed by atoms with Crippen LogP contribution in [0.4, 0.5) is 5.82 Å². The molecule has 1 aromatic carbocycles. The average Bonchev–Trinajstić information content (AvgIpc) is 2.84. The molecule has 7 nitrogen and oxygen atoms in total. The molecule has 0 N–H and O–H groups in total. The van der Waals surface area contributed by atoms with E-state index < -0.39 is 6.04 Å². The zero-order chi connectivity index (χ0) is 18.1. The summed E-state index contributed by atoms with van der Waals surface area (Å²) in [4.78, 5) is 16.3. The highest BCUT2D eigenvalue weighted by Gasteiger charge is 2.33. The predicted octanol–water partition coefficient (Wildman–Crippen LogP) is 1.87. The number of hydrogen-bond acceptors (Lipinski definition) is 5. The summed E-state index contributed by atoms with van der Waals surface area (Å²) < 4.78 is 1.65. The monoisotopic (exact) mass is 362 g/mol. The second kappa shape index (κ2) is 7.13. The van der Waals surface area contributed by atoms with E-state index in [0.29, 0.717) is 29.5 Å². The van der Waals surface area contributed by atoms with Crippen molar-refractivity contribution in [3.63, 3.8) is 0 Å². The second-order valence-electron chi connectivity index (χ2n) is 6.43. The van der Waals surface area contributed by atoms with Gasteiger partial charge in [-0.15, -0.1) is 0 Å². The van der Waals surface area contributed by atoms with Gasteiger partial charge in [-0.25, -0.2) is 0 Å². The number of halogens is 1. The minimum Gasteiger partial charge on any atom is -0.784 e. The number of hydrogen-bond donors (Lipinski definition) is 0. The van der Waals surface area contributed by atoms with Crippen LogP contribution in [0.3, 0.4) is 0 Å². The maximum absolute atomic E-state index is 12.8. The highest BCUT2D eigenvalue weighted by Crippen LogP contribution is 2.37. The molecule has 0 radical (unpaired) electrons. The summed E-state index contributed by atoms with van der Waals surface area (Å²) >= 11 is 6.10. The fraction of sp³-hybridized carbons (Fsp3) is 0.412. The Morgan fingerprint density at radius 3 is 2.84 bits per heavy atom. The molecule has 3 rings (SSSR count). The maximum atomic E-state index is 12.8. The van der Waals surface area contributed by atoms with Crippen molar-refractivity contribution in [3.05, 3.63) is 51.8 Å². The minimum absolute atomic E-state index is 0.209. The van der Waals surface area contributed by atoms with Crippen LogP contribution in [0.25, 0.3) is 0 Å². The molecule has 1 aliphatic heterocycles. The molecule has 1 aromatic heterocycles. The van der Waals surface area contributed by atoms with Crippen LogP contribution >= 0.6 is 11.6 Å². The van der Waals surface area contributed by atoms with Crippen molar-refractivity contribution < 1.29 is 4.79 Å². The van der Waals surface area contributed by atoms with Gasteiger partial charge in [-0.2, -0.15) is 5.10 Å². The fourth-order valence-corrected chi connectivity index (χ4v) is 3.31. The fourth-order valence-electron chi connectivity index (χ4n) is 3.11. The number of fused-ring (bicyclic) bond motifs is 1. The molecule has 1 unspecified atom stereocenters. The van der Waals surface area contributed by atoms with Gasteiger partial charge in [0.25, 0.3) is 0 Å². The van der Waals surface area contributed by atoms with Gasteiger partial charge in [0.05, 0.1) is 18.8 Å². The molecule has 0 spiro atoms. The van der Waals surface area contributed by atoms with E-state index in [-0.39, 0.29) is 12.5 Å². The van der Waals surface area contributed by atoms with Gasteiger partial charge in [0, 0.05) is 30.7 Å². The molecule has 0 fully saturated rings. The van der Waals surface area contributed by atoms with Crippen molar-refractivity contribution >= 4 is 23.3 Å². The number of rotatable bonds is 4. The molecule has 2 aromatic rings. The Bertz CT molecular complexity index is 776. The van der Waals surface area contributed by atoms with E-state index in [9.17, 15) is 10.0 Å². The molecule has 0 saturated carbocycles. The summed E-state index contributed by atoms with van der Waals surface area (Å²) in [5.74, 6) is 0.432. The van der Waals surface area contributed by atoms with Crippen molar-refractivity contribution in [2.24, 2.45) is 7.05 Å². The van der Waals surface area contributed by atoms with Gasteiger partial charge >= 0.3 is 0 Å². The molecular formula is C17H21ClN5O2-. The summed E-state index contributed by atoms with van der Waals surface area (Å²) in [5, 5.41) is 18.4. The van der Waals surface area contributed by atoms with Gasteiger partial charge in [0.15, 0.2) is 0 Å². The van der Waals surface area contributed by atoms with Crippen molar-refractivity contribution in [2.45, 2.75) is 6.04 Å². The zero-order valence-electron chi connectivity index (χ0n) is 14.5. The number of hydroxylamine groups is 2. The van der Waals surface area contributed by atoms with E-state index >= 15 is 0 Å². The quantitative estimate of drug-likeness (QED) is 0.830. The van der Waals surface area contributed by atoms with Crippen LogP contribution in [0.15, 0.2) is 30.5 Å². The summed E-state index contributed by atoms with van der Waals surface area (Å²) in [5.41, 5.74) is 1.46. The van der Waals surface area contributed by atoms with Crippen LogP contribution in [-0.4, -0.2) is 59.4 Å². The van der Waals surface area contributed by atoms with Crippen LogP contribution in [0, 0.1) is 5.21 Å². The van der Waals surface area contributed by atoms with E-state index in [2.05, 4.69) is 5.10 Å². The smallest absolute Gasteiger partial charge is 0.241 e. The minimum atomic E-state index is -0.615. The van der Waals surface area contributed by atoms with E-state index in [0.717, 1.165) is 10.6 Å². The topological polar surface area (TPSA) is 67.7 Å². The third-order valence-corrected chi connectivity index (χ3v) is 4.54. The average molecular weight is 363 g/mol. The molecule has 0 aliphatic carbocycles. The first kappa shape index (κ1) is 17.9. The summed E-state index contributed by atoms with van der Waals surface area (Å²) in [6.45, 7) is 0.977. The first-order valence-corrected chi connectivity index (χ1v) is 8.42. The van der Waals surface area contributed by atoms with Gasteiger partial charge in [0.1, 0.15) is 5.82 Å². The number of carbonyl (C=O) groups is 1. The van der Waals surface area contributed by atoms with Crippen LogP contribution in [0.5, 0.6) is 0 Å². The molecule has 1 amide bonds. The predicted molar refractivity (Wildman–Crippen MR) is 97.5 cm³/mol. The molecule has 0 saturated heterocycles. The third kappa shape index (κ3) is 3.55. The number of benzene rings is 1. The first-order chi connectivity index (χ1) is 11.9. The number of anilines is 1. The van der Waals surface area contributed by atoms with Gasteiger partial charge in [-0.1, -0.05) is 23.7 Å². The lowest BCUT2D eigenvalue weighted by molar-refractivity contribution is -0.119. The van der Waals surface area contributed by atoms with Crippen molar-refractivity contribution in [1.82, 2.24) is 19.7 Å². The third-order valence-electron chi connectivity index (χ3n) is 4.30. The number of nitrogens with zero attached hydrogens (tertiary/aromatic N) is 5. The molecule has 2 heterocycles. The lowest BCUT2D eigenvalue weighted by atomic mass is 10.0. The Kier molecular flexibility index (Phi) is 5.10. The highest BCUT2D eigenvalue weighted by molar-refractivity contribution is 6.30. The number of aromatic nitrogens is 2. The second-order valence-corrected chi connectivity index (χ2v) is 6.86. The molecule has 134 valence electrons. The molecule has 25 heavy (non-hydrogen) atoms. The van der Waals surface area contributed by atoms with E-state index in [1.165, 1.54) is 0 Å². The Hall–Kier alpha value is -1.93. The standard InChI is InChI=1S/C17H21ClN5O2/c1-20(2)7-8-22-15(24)11-23(25)16(12-5-4-6-13(18)9-12)14-10-19-21(3)17(14)22/h4-6,9-10,16H,7-8,11H2,1-3H3/q-1. The van der Waals surface area contributed by atoms with Crippen molar-refractivity contribution in [2.75, 3.05) is 38.6 Å². The van der Waals surface area contributed by atoms with E-state index in [4.69, 9.17) is 11.6 Å². The number of aryl methyl sites for hydroxylation is 1. The Morgan fingerprint density at radius 1 is 1.40 bits per heavy atom. The van der Waals surface area contributed by atoms with Gasteiger partial charge in [-0.3, -0.25) is 14.4 Å². The van der Waals surface area contributed by atoms with Gasteiger partial charge in [0.2, 0.25) is 5.91 Å². The molecule has 8 heteroatoms. The number of amides is 1.